The SMILES string of the molecule is COc1cc(Cl)cc(C/C(=C/F)CN)c1. The van der Waals surface area contributed by atoms with E-state index in [4.69, 9.17) is 22.1 Å². The minimum absolute atomic E-state index is 0.200. The maximum absolute atomic E-state index is 12.3. The topological polar surface area (TPSA) is 35.2 Å². The summed E-state index contributed by atoms with van der Waals surface area (Å²) < 4.78 is 17.4. The van der Waals surface area contributed by atoms with Gasteiger partial charge in [-0.1, -0.05) is 11.6 Å². The predicted molar refractivity (Wildman–Crippen MR) is 60.0 cm³/mol. The van der Waals surface area contributed by atoms with Crippen LogP contribution >= 0.6 is 11.6 Å². The van der Waals surface area contributed by atoms with Gasteiger partial charge in [0.25, 0.3) is 0 Å². The van der Waals surface area contributed by atoms with Gasteiger partial charge in [0.1, 0.15) is 5.75 Å². The van der Waals surface area contributed by atoms with E-state index < -0.39 is 0 Å². The fraction of sp³-hybridized carbons (Fsp3) is 0.273. The Morgan fingerprint density at radius 2 is 2.27 bits per heavy atom. The zero-order chi connectivity index (χ0) is 11.3. The van der Waals surface area contributed by atoms with Crippen LogP contribution in [0.25, 0.3) is 0 Å². The molecule has 82 valence electrons. The number of methoxy groups -OCH3 is 1. The van der Waals surface area contributed by atoms with Crippen molar-refractivity contribution in [3.63, 3.8) is 0 Å². The van der Waals surface area contributed by atoms with E-state index in [0.29, 0.717) is 29.1 Å². The molecule has 2 nitrogen and oxygen atoms in total. The summed E-state index contributed by atoms with van der Waals surface area (Å²) in [5.74, 6) is 0.660. The van der Waals surface area contributed by atoms with E-state index >= 15 is 0 Å². The molecule has 0 aliphatic carbocycles. The molecule has 0 aliphatic rings. The summed E-state index contributed by atoms with van der Waals surface area (Å²) in [6.07, 6.45) is 0.983. The molecule has 1 aromatic carbocycles. The molecule has 4 heteroatoms. The normalized spacial score (nSPS) is 11.6. The summed E-state index contributed by atoms with van der Waals surface area (Å²) in [4.78, 5) is 0. The third-order valence-corrected chi connectivity index (χ3v) is 2.23. The molecule has 0 fully saturated rings. The number of nitrogens with two attached hydrogens (primary N) is 1. The Balaban J connectivity index is 2.89. The molecule has 0 heterocycles. The molecule has 15 heavy (non-hydrogen) atoms. The lowest BCUT2D eigenvalue weighted by Gasteiger charge is -2.06. The van der Waals surface area contributed by atoms with Crippen molar-refractivity contribution >= 4 is 11.6 Å². The van der Waals surface area contributed by atoms with Gasteiger partial charge >= 0.3 is 0 Å². The van der Waals surface area contributed by atoms with Gasteiger partial charge in [-0.2, -0.15) is 0 Å². The van der Waals surface area contributed by atoms with Crippen molar-refractivity contribution in [1.82, 2.24) is 0 Å². The summed E-state index contributed by atoms with van der Waals surface area (Å²) in [5.41, 5.74) is 6.78. The lowest BCUT2D eigenvalue weighted by molar-refractivity contribution is 0.414. The molecular weight excluding hydrogens is 217 g/mol. The molecule has 0 unspecified atom stereocenters. The molecular formula is C11H13ClFNO. The molecule has 0 saturated heterocycles. The number of hydrogen-bond donors (Lipinski definition) is 1. The van der Waals surface area contributed by atoms with Crippen LogP contribution in [0.15, 0.2) is 30.1 Å². The van der Waals surface area contributed by atoms with Crippen molar-refractivity contribution < 1.29 is 9.13 Å². The Hall–Kier alpha value is -1.06. The zero-order valence-electron chi connectivity index (χ0n) is 8.47. The van der Waals surface area contributed by atoms with Gasteiger partial charge in [-0.05, 0) is 35.8 Å². The number of ether oxygens (including phenoxy) is 1. The number of hydrogen-bond acceptors (Lipinski definition) is 2. The van der Waals surface area contributed by atoms with E-state index in [2.05, 4.69) is 0 Å². The van der Waals surface area contributed by atoms with E-state index in [0.717, 1.165) is 5.56 Å². The average molecular weight is 230 g/mol. The Bertz CT molecular complexity index is 366. The molecule has 0 aromatic heterocycles. The van der Waals surface area contributed by atoms with E-state index in [1.54, 1.807) is 19.2 Å². The van der Waals surface area contributed by atoms with Gasteiger partial charge in [-0.3, -0.25) is 0 Å². The Morgan fingerprint density at radius 3 is 2.80 bits per heavy atom. The minimum Gasteiger partial charge on any atom is -0.497 e. The second kappa shape index (κ2) is 5.73. The largest absolute Gasteiger partial charge is 0.497 e. The first-order valence-corrected chi connectivity index (χ1v) is 4.89. The first-order valence-electron chi connectivity index (χ1n) is 4.51. The van der Waals surface area contributed by atoms with Crippen LogP contribution < -0.4 is 10.5 Å². The van der Waals surface area contributed by atoms with Crippen LogP contribution in [0.3, 0.4) is 0 Å². The molecule has 1 aromatic rings. The molecule has 0 radical (unpaired) electrons. The number of rotatable bonds is 4. The first kappa shape index (κ1) is 12.0. The summed E-state index contributed by atoms with van der Waals surface area (Å²) in [5, 5.41) is 0.569. The highest BCUT2D eigenvalue weighted by Gasteiger charge is 2.02. The van der Waals surface area contributed by atoms with Crippen LogP contribution in [0.2, 0.25) is 5.02 Å². The van der Waals surface area contributed by atoms with Crippen molar-refractivity contribution in [2.45, 2.75) is 6.42 Å². The van der Waals surface area contributed by atoms with Crippen molar-refractivity contribution in [2.24, 2.45) is 5.73 Å². The fourth-order valence-electron chi connectivity index (χ4n) is 1.26. The van der Waals surface area contributed by atoms with Crippen LogP contribution in [0.5, 0.6) is 5.75 Å². The average Bonchev–Trinajstić information content (AvgIpc) is 2.25. The molecule has 0 atom stereocenters. The van der Waals surface area contributed by atoms with Gasteiger partial charge in [-0.15, -0.1) is 0 Å². The summed E-state index contributed by atoms with van der Waals surface area (Å²) in [7, 11) is 1.56. The highest BCUT2D eigenvalue weighted by molar-refractivity contribution is 6.30. The monoisotopic (exact) mass is 229 g/mol. The van der Waals surface area contributed by atoms with E-state index in [-0.39, 0.29) is 6.54 Å². The summed E-state index contributed by atoms with van der Waals surface area (Å²) in [6, 6.07) is 5.28. The standard InChI is InChI=1S/C11H13ClFNO/c1-15-11-4-8(3-10(12)5-11)2-9(6-13)7-14/h3-6H,2,7,14H2,1H3/b9-6-. The fourth-order valence-corrected chi connectivity index (χ4v) is 1.51. The van der Waals surface area contributed by atoms with Crippen molar-refractivity contribution in [2.75, 3.05) is 13.7 Å². The molecule has 0 spiro atoms. The highest BCUT2D eigenvalue weighted by atomic mass is 35.5. The van der Waals surface area contributed by atoms with Crippen LogP contribution in [0, 0.1) is 0 Å². The molecule has 0 bridgehead atoms. The minimum atomic E-state index is 0.200. The molecule has 0 aliphatic heterocycles. The Kier molecular flexibility index (Phi) is 4.59. The van der Waals surface area contributed by atoms with Crippen LogP contribution in [0.4, 0.5) is 4.39 Å². The quantitative estimate of drug-likeness (QED) is 0.862. The van der Waals surface area contributed by atoms with E-state index in [9.17, 15) is 4.39 Å². The third-order valence-electron chi connectivity index (χ3n) is 2.01. The van der Waals surface area contributed by atoms with Gasteiger partial charge < -0.3 is 10.5 Å². The molecule has 1 rings (SSSR count). The molecule has 0 amide bonds. The lowest BCUT2D eigenvalue weighted by Crippen LogP contribution is -2.05. The van der Waals surface area contributed by atoms with Gasteiger partial charge in [-0.25, -0.2) is 4.39 Å². The summed E-state index contributed by atoms with van der Waals surface area (Å²) >= 11 is 5.87. The number of benzene rings is 1. The van der Waals surface area contributed by atoms with Crippen LogP contribution in [0.1, 0.15) is 5.56 Å². The van der Waals surface area contributed by atoms with Gasteiger partial charge in [0.2, 0.25) is 0 Å². The van der Waals surface area contributed by atoms with Gasteiger partial charge in [0, 0.05) is 11.6 Å². The van der Waals surface area contributed by atoms with Gasteiger partial charge in [0.05, 0.1) is 13.4 Å². The van der Waals surface area contributed by atoms with Gasteiger partial charge in [0.15, 0.2) is 0 Å². The maximum atomic E-state index is 12.3. The van der Waals surface area contributed by atoms with Crippen molar-refractivity contribution in [1.29, 1.82) is 0 Å². The van der Waals surface area contributed by atoms with Crippen LogP contribution in [-0.2, 0) is 6.42 Å². The van der Waals surface area contributed by atoms with E-state index in [1.165, 1.54) is 0 Å². The third kappa shape index (κ3) is 3.53. The molecule has 2 N–H and O–H groups in total. The number of halogens is 2. The van der Waals surface area contributed by atoms with Crippen LogP contribution in [-0.4, -0.2) is 13.7 Å². The maximum Gasteiger partial charge on any atom is 0.120 e. The summed E-state index contributed by atoms with van der Waals surface area (Å²) in [6.45, 7) is 0.200. The van der Waals surface area contributed by atoms with E-state index in [1.807, 2.05) is 6.07 Å². The molecule has 0 saturated carbocycles. The predicted octanol–water partition coefficient (Wildman–Crippen LogP) is 2.70. The smallest absolute Gasteiger partial charge is 0.120 e. The van der Waals surface area contributed by atoms with Crippen molar-refractivity contribution in [3.8, 4) is 5.75 Å². The zero-order valence-corrected chi connectivity index (χ0v) is 9.22. The second-order valence-electron chi connectivity index (χ2n) is 3.15. The Labute approximate surface area is 93.5 Å². The lowest BCUT2D eigenvalue weighted by atomic mass is 10.1. The Morgan fingerprint density at radius 1 is 1.53 bits per heavy atom. The first-order chi connectivity index (χ1) is 7.19. The van der Waals surface area contributed by atoms with Crippen molar-refractivity contribution in [3.05, 3.63) is 40.7 Å². The highest BCUT2D eigenvalue weighted by Crippen LogP contribution is 2.22. The second-order valence-corrected chi connectivity index (χ2v) is 3.58.